The van der Waals surface area contributed by atoms with Crippen LogP contribution in [0.25, 0.3) is 0 Å². The summed E-state index contributed by atoms with van der Waals surface area (Å²) < 4.78 is 42.3. The van der Waals surface area contributed by atoms with Crippen LogP contribution in [0.4, 0.5) is 4.79 Å². The van der Waals surface area contributed by atoms with Crippen LogP contribution in [0.1, 0.15) is 26.3 Å². The van der Waals surface area contributed by atoms with E-state index in [1.807, 2.05) is 0 Å². The fourth-order valence-electron chi connectivity index (χ4n) is 3.71. The topological polar surface area (TPSA) is 128 Å². The van der Waals surface area contributed by atoms with Gasteiger partial charge in [0.15, 0.2) is 6.04 Å². The lowest BCUT2D eigenvalue weighted by Crippen LogP contribution is -2.73. The first kappa shape index (κ1) is 31.3. The molecular formula is C27H31ClN2O8S2. The van der Waals surface area contributed by atoms with Gasteiger partial charge in [0.2, 0.25) is 14.8 Å². The highest BCUT2D eigenvalue weighted by atomic mass is 35.5. The standard InChI is InChI=1S/C27H31ClN2O8S2/c1-17(15-28)22(25(32)37-16-18-11-13-19(36-5)14-12-18)30-23(31)21(29-26(33)38-27(2,3)4)24(30)39-40(34,35)20-9-7-6-8-10-20/h6-14,21-22,24H,1,15-16H2,2-5H3,(H,29,33). The van der Waals surface area contributed by atoms with E-state index in [-0.39, 0.29) is 23.0 Å². The molecule has 1 fully saturated rings. The predicted molar refractivity (Wildman–Crippen MR) is 151 cm³/mol. The van der Waals surface area contributed by atoms with Gasteiger partial charge in [-0.3, -0.25) is 4.79 Å². The minimum Gasteiger partial charge on any atom is -0.497 e. The van der Waals surface area contributed by atoms with Gasteiger partial charge >= 0.3 is 12.1 Å². The quantitative estimate of drug-likeness (QED) is 0.131. The molecule has 3 unspecified atom stereocenters. The van der Waals surface area contributed by atoms with Crippen molar-refractivity contribution < 1.29 is 37.0 Å². The summed E-state index contributed by atoms with van der Waals surface area (Å²) in [5, 5.41) is 1.21. The summed E-state index contributed by atoms with van der Waals surface area (Å²) in [7, 11) is -2.09. The number of esters is 1. The van der Waals surface area contributed by atoms with E-state index in [1.54, 1.807) is 63.2 Å². The van der Waals surface area contributed by atoms with Crippen molar-refractivity contribution in [2.24, 2.45) is 0 Å². The Labute approximate surface area is 242 Å². The van der Waals surface area contributed by atoms with Gasteiger partial charge in [-0.05, 0) is 56.2 Å². The molecule has 0 spiro atoms. The van der Waals surface area contributed by atoms with Crippen molar-refractivity contribution in [2.75, 3.05) is 13.0 Å². The number of amides is 2. The molecule has 2 amide bonds. The van der Waals surface area contributed by atoms with Crippen LogP contribution >= 0.6 is 22.4 Å². The van der Waals surface area contributed by atoms with Crippen molar-refractivity contribution in [3.05, 3.63) is 72.3 Å². The number of nitrogens with one attached hydrogen (secondary N) is 1. The lowest BCUT2D eigenvalue weighted by molar-refractivity contribution is -0.162. The van der Waals surface area contributed by atoms with E-state index in [2.05, 4.69) is 11.9 Å². The van der Waals surface area contributed by atoms with Gasteiger partial charge in [-0.2, -0.15) is 0 Å². The Morgan fingerprint density at radius 2 is 1.75 bits per heavy atom. The first-order chi connectivity index (χ1) is 18.8. The van der Waals surface area contributed by atoms with E-state index in [9.17, 15) is 22.8 Å². The van der Waals surface area contributed by atoms with Crippen molar-refractivity contribution >= 4 is 49.2 Å². The van der Waals surface area contributed by atoms with E-state index in [4.69, 9.17) is 25.8 Å². The number of alkyl halides is 1. The molecule has 1 aliphatic heterocycles. The van der Waals surface area contributed by atoms with E-state index in [0.29, 0.717) is 22.1 Å². The number of ether oxygens (including phenoxy) is 3. The van der Waals surface area contributed by atoms with Crippen LogP contribution in [0.2, 0.25) is 0 Å². The van der Waals surface area contributed by atoms with E-state index in [0.717, 1.165) is 4.90 Å². The average molecular weight is 611 g/mol. The summed E-state index contributed by atoms with van der Waals surface area (Å²) in [6.07, 6.45) is -0.914. The SMILES string of the molecule is C=C(CCl)C(C(=O)OCc1ccc(OC)cc1)N1C(=O)C(NC(=O)OC(C)(C)C)C1SS(=O)(=O)c1ccccc1. The van der Waals surface area contributed by atoms with Crippen LogP contribution in [0, 0.1) is 0 Å². The summed E-state index contributed by atoms with van der Waals surface area (Å²) in [5.74, 6) is -1.16. The molecule has 1 saturated heterocycles. The third-order valence-electron chi connectivity index (χ3n) is 5.61. The number of nitrogens with zero attached hydrogens (tertiary/aromatic N) is 1. The summed E-state index contributed by atoms with van der Waals surface area (Å²) in [4.78, 5) is 40.1. The number of benzene rings is 2. The number of likely N-dealkylation sites (tertiary alicyclic amines) is 1. The number of β-lactam (4-membered cyclic amide) rings is 1. The van der Waals surface area contributed by atoms with Gasteiger partial charge in [-0.25, -0.2) is 18.0 Å². The number of rotatable bonds is 11. The van der Waals surface area contributed by atoms with Crippen LogP contribution < -0.4 is 10.1 Å². The van der Waals surface area contributed by atoms with Gasteiger partial charge in [-0.15, -0.1) is 11.6 Å². The first-order valence-electron chi connectivity index (χ1n) is 12.1. The number of carbonyl (C=O) groups excluding carboxylic acids is 3. The van der Waals surface area contributed by atoms with Gasteiger partial charge in [-0.1, -0.05) is 36.9 Å². The largest absolute Gasteiger partial charge is 0.497 e. The summed E-state index contributed by atoms with van der Waals surface area (Å²) in [6, 6.07) is 11.7. The summed E-state index contributed by atoms with van der Waals surface area (Å²) >= 11 is 6.01. The Bertz CT molecular complexity index is 1340. The van der Waals surface area contributed by atoms with Crippen molar-refractivity contribution in [1.29, 1.82) is 0 Å². The Balaban J connectivity index is 1.89. The number of hydrogen-bond donors (Lipinski definition) is 1. The van der Waals surface area contributed by atoms with E-state index in [1.165, 1.54) is 19.2 Å². The summed E-state index contributed by atoms with van der Waals surface area (Å²) in [5.41, 5.74) is -0.0923. The second-order valence-electron chi connectivity index (χ2n) is 9.77. The molecule has 1 N–H and O–H groups in total. The lowest BCUT2D eigenvalue weighted by Gasteiger charge is -2.49. The molecule has 2 aromatic carbocycles. The minimum atomic E-state index is -4.03. The molecule has 3 rings (SSSR count). The number of alkyl carbamates (subject to hydrolysis) is 1. The van der Waals surface area contributed by atoms with Crippen LogP contribution in [0.15, 0.2) is 71.6 Å². The fourth-order valence-corrected chi connectivity index (χ4v) is 7.39. The van der Waals surface area contributed by atoms with E-state index >= 15 is 0 Å². The minimum absolute atomic E-state index is 0.00915. The first-order valence-corrected chi connectivity index (χ1v) is 15.5. The number of hydrogen-bond acceptors (Lipinski definition) is 9. The lowest BCUT2D eigenvalue weighted by atomic mass is 9.99. The van der Waals surface area contributed by atoms with Gasteiger partial charge in [0.1, 0.15) is 29.4 Å². The second kappa shape index (κ2) is 13.0. The molecule has 0 radical (unpaired) electrons. The Kier molecular flexibility index (Phi) is 10.1. The predicted octanol–water partition coefficient (Wildman–Crippen LogP) is 4.09. The molecular weight excluding hydrogens is 580 g/mol. The highest BCUT2D eigenvalue weighted by Crippen LogP contribution is 2.40. The van der Waals surface area contributed by atoms with E-state index < -0.39 is 49.9 Å². The van der Waals surface area contributed by atoms with Crippen molar-refractivity contribution in [3.63, 3.8) is 0 Å². The Morgan fingerprint density at radius 1 is 1.12 bits per heavy atom. The zero-order valence-electron chi connectivity index (χ0n) is 22.5. The van der Waals surface area contributed by atoms with Crippen LogP contribution in [0.3, 0.4) is 0 Å². The molecule has 40 heavy (non-hydrogen) atoms. The molecule has 10 nitrogen and oxygen atoms in total. The Hall–Kier alpha value is -3.22. The monoisotopic (exact) mass is 610 g/mol. The highest BCUT2D eigenvalue weighted by Gasteiger charge is 2.56. The second-order valence-corrected chi connectivity index (χ2v) is 14.0. The molecule has 13 heteroatoms. The summed E-state index contributed by atoms with van der Waals surface area (Å²) in [6.45, 7) is 8.63. The van der Waals surface area contributed by atoms with Crippen LogP contribution in [0.5, 0.6) is 5.75 Å². The zero-order chi connectivity index (χ0) is 29.7. The van der Waals surface area contributed by atoms with Gasteiger partial charge < -0.3 is 24.4 Å². The van der Waals surface area contributed by atoms with Crippen molar-refractivity contribution in [2.45, 2.75) is 55.3 Å². The third kappa shape index (κ3) is 7.70. The fraction of sp³-hybridized carbons (Fsp3) is 0.370. The number of carbonyl (C=O) groups is 3. The third-order valence-corrected chi connectivity index (χ3v) is 9.68. The van der Waals surface area contributed by atoms with Crippen molar-refractivity contribution in [1.82, 2.24) is 10.2 Å². The van der Waals surface area contributed by atoms with Gasteiger partial charge in [0.05, 0.1) is 12.0 Å². The molecule has 1 aliphatic rings. The Morgan fingerprint density at radius 3 is 2.30 bits per heavy atom. The van der Waals surface area contributed by atoms with Crippen LogP contribution in [-0.2, 0) is 34.5 Å². The van der Waals surface area contributed by atoms with Gasteiger partial charge in [0.25, 0.3) is 0 Å². The highest BCUT2D eigenvalue weighted by molar-refractivity contribution is 8.72. The maximum absolute atomic E-state index is 13.3. The number of halogens is 1. The van der Waals surface area contributed by atoms with Crippen LogP contribution in [-0.4, -0.2) is 67.3 Å². The molecule has 3 atom stereocenters. The molecule has 0 bridgehead atoms. The smallest absolute Gasteiger partial charge is 0.408 e. The molecule has 1 heterocycles. The maximum atomic E-state index is 13.3. The molecule has 0 aliphatic carbocycles. The zero-order valence-corrected chi connectivity index (χ0v) is 24.8. The normalized spacial score (nSPS) is 17.8. The molecule has 2 aromatic rings. The molecule has 216 valence electrons. The molecule has 0 aromatic heterocycles. The number of methoxy groups -OCH3 is 1. The maximum Gasteiger partial charge on any atom is 0.408 e. The van der Waals surface area contributed by atoms with Gasteiger partial charge in [0, 0.05) is 16.7 Å². The van der Waals surface area contributed by atoms with Crippen molar-refractivity contribution in [3.8, 4) is 5.75 Å². The molecule has 0 saturated carbocycles. The average Bonchev–Trinajstić information content (AvgIpc) is 2.92.